The smallest absolute Gasteiger partial charge is 0.231 e. The molecule has 0 amide bonds. The zero-order chi connectivity index (χ0) is 14.5. The number of nitrogens with zero attached hydrogens (tertiary/aromatic N) is 2. The molecule has 0 unspecified atom stereocenters. The molecular weight excluding hydrogens is 265 g/mol. The van der Waals surface area contributed by atoms with Crippen LogP contribution in [0.25, 0.3) is 0 Å². The van der Waals surface area contributed by atoms with Crippen LogP contribution in [-0.2, 0) is 0 Å². The van der Waals surface area contributed by atoms with Crippen LogP contribution in [0.4, 0.5) is 27.7 Å². The number of benzene rings is 1. The Hall–Kier alpha value is -2.65. The molecule has 106 valence electrons. The maximum absolute atomic E-state index is 13.6. The highest BCUT2D eigenvalue weighted by molar-refractivity contribution is 5.64. The Morgan fingerprint density at radius 3 is 2.35 bits per heavy atom. The second-order valence-corrected chi connectivity index (χ2v) is 3.70. The Balaban J connectivity index is 2.37. The largest absolute Gasteiger partial charge is 0.492 e. The Labute approximate surface area is 114 Å². The molecule has 2 rings (SSSR count). The molecule has 0 aliphatic carbocycles. The van der Waals surface area contributed by atoms with Crippen molar-refractivity contribution in [1.82, 2.24) is 9.97 Å². The van der Waals surface area contributed by atoms with Crippen molar-refractivity contribution in [2.24, 2.45) is 11.7 Å². The fourth-order valence-corrected chi connectivity index (χ4v) is 1.59. The second-order valence-electron chi connectivity index (χ2n) is 3.70. The van der Waals surface area contributed by atoms with Gasteiger partial charge in [0.1, 0.15) is 11.6 Å². The van der Waals surface area contributed by atoms with E-state index in [2.05, 4.69) is 26.1 Å². The van der Waals surface area contributed by atoms with Gasteiger partial charge in [0, 0.05) is 6.07 Å². The van der Waals surface area contributed by atoms with Gasteiger partial charge in [0.15, 0.2) is 11.6 Å². The van der Waals surface area contributed by atoms with Crippen LogP contribution in [0.3, 0.4) is 0 Å². The molecule has 9 heteroatoms. The lowest BCUT2D eigenvalue weighted by Crippen LogP contribution is -2.14. The average Bonchev–Trinajstić information content (AvgIpc) is 2.47. The van der Waals surface area contributed by atoms with Gasteiger partial charge in [0.05, 0.1) is 12.8 Å². The molecule has 1 heterocycles. The van der Waals surface area contributed by atoms with Crippen LogP contribution in [0.1, 0.15) is 0 Å². The molecular formula is C11H14FN7O. The molecule has 0 saturated heterocycles. The van der Waals surface area contributed by atoms with Gasteiger partial charge in [-0.25, -0.2) is 16.1 Å². The summed E-state index contributed by atoms with van der Waals surface area (Å²) in [7, 11) is 1.37. The first-order valence-corrected chi connectivity index (χ1v) is 5.59. The zero-order valence-electron chi connectivity index (χ0n) is 10.6. The van der Waals surface area contributed by atoms with E-state index in [1.165, 1.54) is 25.3 Å². The molecule has 0 radical (unpaired) electrons. The van der Waals surface area contributed by atoms with Gasteiger partial charge in [-0.05, 0) is 12.1 Å². The molecule has 20 heavy (non-hydrogen) atoms. The van der Waals surface area contributed by atoms with E-state index in [1.54, 1.807) is 6.07 Å². The topological polar surface area (TPSA) is 123 Å². The number of anilines is 4. The Kier molecular flexibility index (Phi) is 4.13. The number of hydrogen-bond donors (Lipinski definition) is 5. The van der Waals surface area contributed by atoms with Crippen LogP contribution in [-0.4, -0.2) is 17.1 Å². The van der Waals surface area contributed by atoms with E-state index in [9.17, 15) is 4.39 Å². The lowest BCUT2D eigenvalue weighted by atomic mass is 10.3. The van der Waals surface area contributed by atoms with Crippen molar-refractivity contribution in [1.29, 1.82) is 0 Å². The predicted molar refractivity (Wildman–Crippen MR) is 73.9 cm³/mol. The summed E-state index contributed by atoms with van der Waals surface area (Å²) in [5.41, 5.74) is 5.13. The van der Waals surface area contributed by atoms with Crippen molar-refractivity contribution >= 4 is 23.3 Å². The maximum Gasteiger partial charge on any atom is 0.231 e. The summed E-state index contributed by atoms with van der Waals surface area (Å²) in [5.74, 6) is 11.0. The first kappa shape index (κ1) is 13.8. The van der Waals surface area contributed by atoms with Crippen LogP contribution in [0, 0.1) is 5.82 Å². The highest BCUT2D eigenvalue weighted by Gasteiger charge is 2.11. The number of nitrogen functional groups attached to an aromatic ring is 2. The Morgan fingerprint density at radius 2 is 1.80 bits per heavy atom. The molecule has 7 N–H and O–H groups in total. The molecule has 0 spiro atoms. The van der Waals surface area contributed by atoms with E-state index in [0.717, 1.165) is 0 Å². The summed E-state index contributed by atoms with van der Waals surface area (Å²) in [6.07, 6.45) is 0. The number of hydrazine groups is 2. The van der Waals surface area contributed by atoms with Crippen molar-refractivity contribution in [2.75, 3.05) is 23.3 Å². The molecule has 0 bridgehead atoms. The number of nitrogens with two attached hydrogens (primary N) is 2. The quantitative estimate of drug-likeness (QED) is 0.405. The van der Waals surface area contributed by atoms with Crippen LogP contribution in [0.15, 0.2) is 24.3 Å². The van der Waals surface area contributed by atoms with Gasteiger partial charge >= 0.3 is 0 Å². The van der Waals surface area contributed by atoms with E-state index >= 15 is 0 Å². The summed E-state index contributed by atoms with van der Waals surface area (Å²) in [5, 5.41) is 2.84. The molecule has 1 aromatic carbocycles. The lowest BCUT2D eigenvalue weighted by molar-refractivity contribution is 0.388. The van der Waals surface area contributed by atoms with E-state index in [4.69, 9.17) is 16.4 Å². The van der Waals surface area contributed by atoms with E-state index < -0.39 is 5.82 Å². The molecule has 2 aromatic rings. The van der Waals surface area contributed by atoms with Gasteiger partial charge in [-0.3, -0.25) is 0 Å². The number of methoxy groups -OCH3 is 1. The molecule has 1 aromatic heterocycles. The first-order valence-electron chi connectivity index (χ1n) is 5.59. The SMILES string of the molecule is COc1c(F)cccc1Nc1nc(NN)cc(NN)n1. The van der Waals surface area contributed by atoms with E-state index in [-0.39, 0.29) is 11.7 Å². The minimum Gasteiger partial charge on any atom is -0.492 e. The minimum absolute atomic E-state index is 0.0597. The standard InChI is InChI=1S/C11H14FN7O/c1-20-10-6(12)3-2-4-7(10)15-11-16-8(18-13)5-9(17-11)19-14/h2-5H,13-14H2,1H3,(H3,15,16,17,18,19). The molecule has 0 aliphatic heterocycles. The molecule has 0 aliphatic rings. The Morgan fingerprint density at radius 1 is 1.15 bits per heavy atom. The van der Waals surface area contributed by atoms with Crippen LogP contribution in [0.5, 0.6) is 5.75 Å². The number of para-hydroxylation sites is 1. The fraction of sp³-hybridized carbons (Fsp3) is 0.0909. The van der Waals surface area contributed by atoms with Crippen LogP contribution >= 0.6 is 0 Å². The summed E-state index contributed by atoms with van der Waals surface area (Å²) in [6.45, 7) is 0. The number of aromatic nitrogens is 2. The normalized spacial score (nSPS) is 10.0. The van der Waals surface area contributed by atoms with E-state index in [0.29, 0.717) is 17.3 Å². The third-order valence-corrected chi connectivity index (χ3v) is 2.44. The number of rotatable bonds is 5. The number of nitrogens with one attached hydrogen (secondary N) is 3. The summed E-state index contributed by atoms with van der Waals surface area (Å²) in [4.78, 5) is 8.14. The number of hydrogen-bond acceptors (Lipinski definition) is 8. The lowest BCUT2D eigenvalue weighted by Gasteiger charge is -2.12. The van der Waals surface area contributed by atoms with Crippen molar-refractivity contribution < 1.29 is 9.13 Å². The van der Waals surface area contributed by atoms with Crippen molar-refractivity contribution in [3.05, 3.63) is 30.1 Å². The molecule has 8 nitrogen and oxygen atoms in total. The van der Waals surface area contributed by atoms with Gasteiger partial charge in [-0.2, -0.15) is 9.97 Å². The van der Waals surface area contributed by atoms with Crippen molar-refractivity contribution in [2.45, 2.75) is 0 Å². The number of ether oxygens (including phenoxy) is 1. The highest BCUT2D eigenvalue weighted by Crippen LogP contribution is 2.29. The zero-order valence-corrected chi connectivity index (χ0v) is 10.6. The van der Waals surface area contributed by atoms with Gasteiger partial charge in [0.2, 0.25) is 5.95 Å². The number of halogens is 1. The van der Waals surface area contributed by atoms with Crippen molar-refractivity contribution in [3.63, 3.8) is 0 Å². The van der Waals surface area contributed by atoms with E-state index in [1.807, 2.05) is 0 Å². The van der Waals surface area contributed by atoms with Gasteiger partial charge in [0.25, 0.3) is 0 Å². The predicted octanol–water partition coefficient (Wildman–Crippen LogP) is 0.939. The third kappa shape index (κ3) is 2.84. The summed E-state index contributed by atoms with van der Waals surface area (Å²) < 4.78 is 18.6. The fourth-order valence-electron chi connectivity index (χ4n) is 1.59. The molecule has 0 fully saturated rings. The second kappa shape index (κ2) is 5.99. The van der Waals surface area contributed by atoms with Crippen molar-refractivity contribution in [3.8, 4) is 5.75 Å². The van der Waals surface area contributed by atoms with Gasteiger partial charge in [-0.1, -0.05) is 6.07 Å². The average molecular weight is 279 g/mol. The van der Waals surface area contributed by atoms with Gasteiger partial charge < -0.3 is 20.9 Å². The van der Waals surface area contributed by atoms with Crippen LogP contribution in [0.2, 0.25) is 0 Å². The monoisotopic (exact) mass is 279 g/mol. The molecule has 0 saturated carbocycles. The summed E-state index contributed by atoms with van der Waals surface area (Å²) >= 11 is 0. The first-order chi connectivity index (χ1) is 9.67. The summed E-state index contributed by atoms with van der Waals surface area (Å²) in [6, 6.07) is 5.96. The highest BCUT2D eigenvalue weighted by atomic mass is 19.1. The maximum atomic E-state index is 13.6. The van der Waals surface area contributed by atoms with Crippen LogP contribution < -0.4 is 32.6 Å². The minimum atomic E-state index is -0.497. The molecule has 0 atom stereocenters. The Bertz CT molecular complexity index is 585. The van der Waals surface area contributed by atoms with Gasteiger partial charge in [-0.15, -0.1) is 0 Å². The third-order valence-electron chi connectivity index (χ3n) is 2.44.